The summed E-state index contributed by atoms with van der Waals surface area (Å²) in [5, 5.41) is 0. The Kier molecular flexibility index (Phi) is 4.61. The van der Waals surface area contributed by atoms with Crippen LogP contribution in [0.2, 0.25) is 0 Å². The van der Waals surface area contributed by atoms with E-state index in [9.17, 15) is 14.4 Å². The fourth-order valence-electron chi connectivity index (χ4n) is 3.96. The van der Waals surface area contributed by atoms with Gasteiger partial charge in [-0.05, 0) is 19.1 Å². The van der Waals surface area contributed by atoms with Gasteiger partial charge in [0.1, 0.15) is 6.54 Å². The predicted molar refractivity (Wildman–Crippen MR) is 98.6 cm³/mol. The Morgan fingerprint density at radius 1 is 1.00 bits per heavy atom. The first-order valence-corrected chi connectivity index (χ1v) is 9.33. The number of fused-ring (bicyclic) bond motifs is 1. The summed E-state index contributed by atoms with van der Waals surface area (Å²) in [6.45, 7) is 4.27. The van der Waals surface area contributed by atoms with E-state index < -0.39 is 16.9 Å². The highest BCUT2D eigenvalue weighted by Gasteiger charge is 2.40. The monoisotopic (exact) mass is 373 g/mol. The summed E-state index contributed by atoms with van der Waals surface area (Å²) in [6, 6.07) is 7.17. The van der Waals surface area contributed by atoms with Crippen molar-refractivity contribution in [1.29, 1.82) is 0 Å². The smallest absolute Gasteiger partial charge is 0.317 e. The number of nitrogens with zero attached hydrogens (tertiary/aromatic N) is 3. The van der Waals surface area contributed by atoms with E-state index in [-0.39, 0.29) is 12.5 Å². The molecule has 1 amide bonds. The maximum atomic E-state index is 12.8. The Hall–Kier alpha value is -2.45. The second kappa shape index (κ2) is 6.94. The van der Waals surface area contributed by atoms with Crippen molar-refractivity contribution in [1.82, 2.24) is 14.0 Å². The van der Waals surface area contributed by atoms with Gasteiger partial charge in [-0.1, -0.05) is 12.1 Å². The van der Waals surface area contributed by atoms with Crippen LogP contribution >= 0.6 is 0 Å². The minimum Gasteiger partial charge on any atom is -0.347 e. The predicted octanol–water partition coefficient (Wildman–Crippen LogP) is 0.549. The first kappa shape index (κ1) is 17.9. The molecule has 0 radical (unpaired) electrons. The summed E-state index contributed by atoms with van der Waals surface area (Å²) in [4.78, 5) is 39.6. The van der Waals surface area contributed by atoms with E-state index >= 15 is 0 Å². The van der Waals surface area contributed by atoms with Crippen molar-refractivity contribution in [3.8, 4) is 0 Å². The van der Waals surface area contributed by atoms with Crippen LogP contribution in [0, 0.1) is 0 Å². The molecular formula is C19H23N3O5. The molecule has 0 N–H and O–H groups in total. The highest BCUT2D eigenvalue weighted by Crippen LogP contribution is 2.31. The molecule has 2 aliphatic rings. The van der Waals surface area contributed by atoms with E-state index in [2.05, 4.69) is 0 Å². The fourth-order valence-corrected chi connectivity index (χ4v) is 3.96. The average molecular weight is 373 g/mol. The molecule has 144 valence electrons. The zero-order chi connectivity index (χ0) is 19.0. The molecule has 1 spiro atoms. The van der Waals surface area contributed by atoms with Gasteiger partial charge in [0.05, 0.1) is 24.2 Å². The number of para-hydroxylation sites is 2. The van der Waals surface area contributed by atoms with Crippen LogP contribution in [-0.2, 0) is 27.4 Å². The molecule has 2 saturated heterocycles. The van der Waals surface area contributed by atoms with Gasteiger partial charge in [0.25, 0.3) is 0 Å². The number of hydrogen-bond donors (Lipinski definition) is 0. The van der Waals surface area contributed by atoms with Crippen molar-refractivity contribution in [2.24, 2.45) is 0 Å². The summed E-state index contributed by atoms with van der Waals surface area (Å²) in [7, 11) is 0. The van der Waals surface area contributed by atoms with E-state index in [1.807, 2.05) is 13.0 Å². The molecule has 1 aromatic carbocycles. The van der Waals surface area contributed by atoms with Crippen molar-refractivity contribution in [2.75, 3.05) is 26.3 Å². The molecule has 2 aromatic rings. The fraction of sp³-hybridized carbons (Fsp3) is 0.526. The van der Waals surface area contributed by atoms with Crippen molar-refractivity contribution in [3.63, 3.8) is 0 Å². The Labute approximate surface area is 155 Å². The zero-order valence-corrected chi connectivity index (χ0v) is 15.3. The van der Waals surface area contributed by atoms with E-state index in [0.717, 1.165) is 0 Å². The Bertz CT molecular complexity index is 977. The molecule has 0 saturated carbocycles. The highest BCUT2D eigenvalue weighted by atomic mass is 16.7. The third-order valence-corrected chi connectivity index (χ3v) is 5.44. The quantitative estimate of drug-likeness (QED) is 0.734. The normalized spacial score (nSPS) is 19.1. The Morgan fingerprint density at radius 3 is 2.15 bits per heavy atom. The lowest BCUT2D eigenvalue weighted by Gasteiger charge is -2.37. The van der Waals surface area contributed by atoms with Gasteiger partial charge in [-0.25, -0.2) is 0 Å². The van der Waals surface area contributed by atoms with Crippen molar-refractivity contribution >= 4 is 16.9 Å². The molecule has 8 heteroatoms. The number of rotatable bonds is 3. The number of ether oxygens (including phenoxy) is 2. The SMILES string of the molecule is CCn1c(=O)c(=O)n(CC(=O)N2CCC3(CC2)OCCO3)c2ccccc21. The van der Waals surface area contributed by atoms with Gasteiger partial charge in [-0.15, -0.1) is 0 Å². The van der Waals surface area contributed by atoms with Crippen molar-refractivity contribution in [3.05, 3.63) is 45.0 Å². The van der Waals surface area contributed by atoms with Crippen molar-refractivity contribution < 1.29 is 14.3 Å². The topological polar surface area (TPSA) is 82.8 Å². The molecule has 2 aliphatic heterocycles. The highest BCUT2D eigenvalue weighted by molar-refractivity contribution is 5.80. The lowest BCUT2D eigenvalue weighted by molar-refractivity contribution is -0.187. The first-order valence-electron chi connectivity index (χ1n) is 9.33. The number of piperidine rings is 1. The van der Waals surface area contributed by atoms with Gasteiger partial charge in [-0.3, -0.25) is 19.0 Å². The van der Waals surface area contributed by atoms with Crippen LogP contribution in [0.1, 0.15) is 19.8 Å². The van der Waals surface area contributed by atoms with Crippen LogP contribution in [0.3, 0.4) is 0 Å². The van der Waals surface area contributed by atoms with Gasteiger partial charge in [0, 0.05) is 32.5 Å². The molecule has 8 nitrogen and oxygen atoms in total. The molecule has 0 unspecified atom stereocenters. The third-order valence-electron chi connectivity index (χ3n) is 5.44. The van der Waals surface area contributed by atoms with E-state index in [0.29, 0.717) is 56.7 Å². The molecule has 0 aliphatic carbocycles. The largest absolute Gasteiger partial charge is 0.347 e. The van der Waals surface area contributed by atoms with Crippen LogP contribution in [-0.4, -0.2) is 52.0 Å². The molecule has 1 aromatic heterocycles. The minimum absolute atomic E-state index is 0.145. The molecular weight excluding hydrogens is 350 g/mol. The molecule has 0 atom stereocenters. The van der Waals surface area contributed by atoms with Gasteiger partial charge < -0.3 is 18.9 Å². The van der Waals surface area contributed by atoms with Gasteiger partial charge in [0.2, 0.25) is 5.91 Å². The second-order valence-corrected chi connectivity index (χ2v) is 6.92. The van der Waals surface area contributed by atoms with Crippen LogP contribution in [0.15, 0.2) is 33.9 Å². The van der Waals surface area contributed by atoms with Crippen LogP contribution in [0.4, 0.5) is 0 Å². The van der Waals surface area contributed by atoms with Crippen LogP contribution < -0.4 is 11.1 Å². The number of hydrogen-bond acceptors (Lipinski definition) is 5. The molecule has 27 heavy (non-hydrogen) atoms. The lowest BCUT2D eigenvalue weighted by Crippen LogP contribution is -2.49. The molecule has 0 bridgehead atoms. The maximum absolute atomic E-state index is 12.8. The Morgan fingerprint density at radius 2 is 1.56 bits per heavy atom. The van der Waals surface area contributed by atoms with E-state index in [4.69, 9.17) is 9.47 Å². The molecule has 3 heterocycles. The number of benzene rings is 1. The van der Waals surface area contributed by atoms with Gasteiger partial charge in [-0.2, -0.15) is 0 Å². The molecule has 4 rings (SSSR count). The zero-order valence-electron chi connectivity index (χ0n) is 15.3. The maximum Gasteiger partial charge on any atom is 0.317 e. The number of carbonyl (C=O) groups excluding carboxylic acids is 1. The third kappa shape index (κ3) is 3.08. The minimum atomic E-state index is -0.667. The number of aryl methyl sites for hydroxylation is 1. The summed E-state index contributed by atoms with van der Waals surface area (Å²) in [5.41, 5.74) is -0.0230. The van der Waals surface area contributed by atoms with Gasteiger partial charge in [0.15, 0.2) is 5.79 Å². The summed E-state index contributed by atoms with van der Waals surface area (Å²) >= 11 is 0. The summed E-state index contributed by atoms with van der Waals surface area (Å²) in [6.07, 6.45) is 1.23. The number of carbonyl (C=O) groups is 1. The second-order valence-electron chi connectivity index (χ2n) is 6.92. The average Bonchev–Trinajstić information content (AvgIpc) is 3.14. The first-order chi connectivity index (χ1) is 13.0. The number of amides is 1. The standard InChI is InChI=1S/C19H23N3O5/c1-2-21-14-5-3-4-6-15(14)22(18(25)17(21)24)13-16(23)20-9-7-19(8-10-20)26-11-12-27-19/h3-6H,2,7-13H2,1H3. The van der Waals surface area contributed by atoms with Crippen LogP contribution in [0.25, 0.3) is 11.0 Å². The molecule has 2 fully saturated rings. The summed E-state index contributed by atoms with van der Waals surface area (Å²) < 4.78 is 14.1. The summed E-state index contributed by atoms with van der Waals surface area (Å²) in [5.74, 6) is -0.731. The van der Waals surface area contributed by atoms with Gasteiger partial charge >= 0.3 is 11.1 Å². The number of aromatic nitrogens is 2. The lowest BCUT2D eigenvalue weighted by atomic mass is 10.0. The Balaban J connectivity index is 1.60. The van der Waals surface area contributed by atoms with Crippen LogP contribution in [0.5, 0.6) is 0 Å². The van der Waals surface area contributed by atoms with E-state index in [1.165, 1.54) is 9.13 Å². The van der Waals surface area contributed by atoms with E-state index in [1.54, 1.807) is 23.1 Å². The van der Waals surface area contributed by atoms with Crippen molar-refractivity contribution in [2.45, 2.75) is 38.6 Å². The number of likely N-dealkylation sites (tertiary alicyclic amines) is 1.